The largest absolute Gasteiger partial charge is 0.491 e. The van der Waals surface area contributed by atoms with E-state index in [-0.39, 0.29) is 0 Å². The van der Waals surface area contributed by atoms with Crippen molar-refractivity contribution in [3.05, 3.63) is 65.2 Å². The van der Waals surface area contributed by atoms with Crippen LogP contribution in [0.25, 0.3) is 0 Å². The first-order valence-corrected chi connectivity index (χ1v) is 6.78. The molecule has 96 valence electrons. The van der Waals surface area contributed by atoms with E-state index >= 15 is 0 Å². The zero-order chi connectivity index (χ0) is 13.1. The van der Waals surface area contributed by atoms with E-state index in [0.29, 0.717) is 6.61 Å². The molecule has 0 bridgehead atoms. The molecule has 3 rings (SSSR count). The smallest absolute Gasteiger partial charge is 0.423 e. The summed E-state index contributed by atoms with van der Waals surface area (Å²) >= 11 is 0. The van der Waals surface area contributed by atoms with Gasteiger partial charge >= 0.3 is 7.12 Å². The first kappa shape index (κ1) is 12.5. The van der Waals surface area contributed by atoms with E-state index in [4.69, 9.17) is 4.65 Å². The van der Waals surface area contributed by atoms with E-state index in [9.17, 15) is 5.02 Å². The Morgan fingerprint density at radius 2 is 1.79 bits per heavy atom. The molecule has 0 unspecified atom stereocenters. The minimum absolute atomic E-state index is 0.609. The van der Waals surface area contributed by atoms with E-state index < -0.39 is 7.12 Å². The molecular formula is C16H17BO2. The minimum atomic E-state index is -0.750. The molecule has 1 aliphatic heterocycles. The third-order valence-corrected chi connectivity index (χ3v) is 3.67. The predicted octanol–water partition coefficient (Wildman–Crippen LogP) is 1.73. The van der Waals surface area contributed by atoms with Gasteiger partial charge in [-0.25, -0.2) is 0 Å². The Kier molecular flexibility index (Phi) is 3.67. The number of hydrogen-bond donors (Lipinski definition) is 1. The van der Waals surface area contributed by atoms with Gasteiger partial charge in [0.05, 0.1) is 0 Å². The summed E-state index contributed by atoms with van der Waals surface area (Å²) in [5, 5.41) is 9.85. The molecule has 0 aliphatic carbocycles. The third-order valence-electron chi connectivity index (χ3n) is 3.67. The van der Waals surface area contributed by atoms with Crippen molar-refractivity contribution in [1.29, 1.82) is 0 Å². The van der Waals surface area contributed by atoms with E-state index in [1.54, 1.807) is 0 Å². The molecule has 0 saturated heterocycles. The standard InChI is InChI=1S/C16H17BO2/c18-17-16-12-14(8-9-15(16)10-11-19-17)7-6-13-4-2-1-3-5-13/h1-5,8-9,12,18H,6-7,10-11H2. The molecule has 0 fully saturated rings. The molecule has 1 aliphatic rings. The van der Waals surface area contributed by atoms with Crippen molar-refractivity contribution >= 4 is 12.6 Å². The molecule has 1 heterocycles. The van der Waals surface area contributed by atoms with Crippen LogP contribution in [0.2, 0.25) is 0 Å². The number of benzene rings is 2. The number of aryl methyl sites for hydroxylation is 2. The molecule has 0 amide bonds. The topological polar surface area (TPSA) is 29.5 Å². The summed E-state index contributed by atoms with van der Waals surface area (Å²) in [6.45, 7) is 0.609. The van der Waals surface area contributed by atoms with Gasteiger partial charge in [0.1, 0.15) is 0 Å². The maximum Gasteiger partial charge on any atom is 0.491 e. The first-order valence-electron chi connectivity index (χ1n) is 6.78. The highest BCUT2D eigenvalue weighted by Gasteiger charge is 2.24. The van der Waals surface area contributed by atoms with E-state index in [1.807, 2.05) is 6.07 Å². The zero-order valence-corrected chi connectivity index (χ0v) is 10.9. The van der Waals surface area contributed by atoms with Gasteiger partial charge in [-0.1, -0.05) is 48.5 Å². The molecule has 0 radical (unpaired) electrons. The minimum Gasteiger partial charge on any atom is -0.423 e. The SMILES string of the molecule is OB1OCCc2ccc(CCc3ccccc3)cc21. The fourth-order valence-corrected chi connectivity index (χ4v) is 2.56. The van der Waals surface area contributed by atoms with Crippen molar-refractivity contribution in [1.82, 2.24) is 0 Å². The molecule has 2 aromatic rings. The van der Waals surface area contributed by atoms with Gasteiger partial charge in [0.2, 0.25) is 0 Å². The van der Waals surface area contributed by atoms with E-state index in [1.165, 1.54) is 16.7 Å². The first-order chi connectivity index (χ1) is 9.33. The van der Waals surface area contributed by atoms with Crippen LogP contribution in [0.1, 0.15) is 16.7 Å². The molecule has 0 spiro atoms. The molecule has 0 atom stereocenters. The Morgan fingerprint density at radius 3 is 2.63 bits per heavy atom. The lowest BCUT2D eigenvalue weighted by atomic mass is 9.73. The second-order valence-electron chi connectivity index (χ2n) is 4.99. The summed E-state index contributed by atoms with van der Waals surface area (Å²) in [4.78, 5) is 0. The van der Waals surface area contributed by atoms with Crippen LogP contribution in [0.5, 0.6) is 0 Å². The van der Waals surface area contributed by atoms with Gasteiger partial charge < -0.3 is 9.68 Å². The van der Waals surface area contributed by atoms with E-state index in [2.05, 4.69) is 42.5 Å². The van der Waals surface area contributed by atoms with Crippen LogP contribution < -0.4 is 5.46 Å². The molecular weight excluding hydrogens is 235 g/mol. The molecule has 0 saturated carbocycles. The van der Waals surface area contributed by atoms with Crippen LogP contribution in [0.3, 0.4) is 0 Å². The summed E-state index contributed by atoms with van der Waals surface area (Å²) in [6, 6.07) is 16.9. The van der Waals surface area contributed by atoms with Gasteiger partial charge in [-0.15, -0.1) is 0 Å². The highest BCUT2D eigenvalue weighted by Crippen LogP contribution is 2.11. The fraction of sp³-hybridized carbons (Fsp3) is 0.250. The third kappa shape index (κ3) is 2.88. The average Bonchev–Trinajstić information content (AvgIpc) is 2.47. The van der Waals surface area contributed by atoms with Crippen LogP contribution in [-0.4, -0.2) is 18.7 Å². The fourth-order valence-electron chi connectivity index (χ4n) is 2.56. The Hall–Kier alpha value is -1.58. The quantitative estimate of drug-likeness (QED) is 0.843. The average molecular weight is 252 g/mol. The molecule has 0 aromatic heterocycles. The van der Waals surface area contributed by atoms with Crippen molar-refractivity contribution in [2.24, 2.45) is 0 Å². The highest BCUT2D eigenvalue weighted by molar-refractivity contribution is 6.60. The summed E-state index contributed by atoms with van der Waals surface area (Å²) < 4.78 is 5.28. The lowest BCUT2D eigenvalue weighted by molar-refractivity contribution is 0.266. The van der Waals surface area contributed by atoms with Gasteiger partial charge in [-0.05, 0) is 41.4 Å². The highest BCUT2D eigenvalue weighted by atomic mass is 16.5. The summed E-state index contributed by atoms with van der Waals surface area (Å²) in [5.41, 5.74) is 4.75. The monoisotopic (exact) mass is 252 g/mol. The Morgan fingerprint density at radius 1 is 1.00 bits per heavy atom. The van der Waals surface area contributed by atoms with Crippen molar-refractivity contribution in [2.75, 3.05) is 6.61 Å². The molecule has 3 heteroatoms. The number of fused-ring (bicyclic) bond motifs is 1. The maximum absolute atomic E-state index is 9.85. The van der Waals surface area contributed by atoms with Gasteiger partial charge in [0.15, 0.2) is 0 Å². The number of rotatable bonds is 3. The van der Waals surface area contributed by atoms with Crippen molar-refractivity contribution in [3.63, 3.8) is 0 Å². The van der Waals surface area contributed by atoms with Gasteiger partial charge in [0, 0.05) is 6.61 Å². The molecule has 2 aromatic carbocycles. The maximum atomic E-state index is 9.85. The Balaban J connectivity index is 1.74. The Labute approximate surface area is 114 Å². The summed E-state index contributed by atoms with van der Waals surface area (Å²) in [5.74, 6) is 0. The van der Waals surface area contributed by atoms with Crippen molar-refractivity contribution in [3.8, 4) is 0 Å². The van der Waals surface area contributed by atoms with Crippen LogP contribution in [-0.2, 0) is 23.9 Å². The summed E-state index contributed by atoms with van der Waals surface area (Å²) in [6.07, 6.45) is 2.91. The van der Waals surface area contributed by atoms with Gasteiger partial charge in [-0.2, -0.15) is 0 Å². The lowest BCUT2D eigenvalue weighted by Crippen LogP contribution is -2.41. The molecule has 19 heavy (non-hydrogen) atoms. The van der Waals surface area contributed by atoms with Gasteiger partial charge in [0.25, 0.3) is 0 Å². The zero-order valence-electron chi connectivity index (χ0n) is 10.9. The summed E-state index contributed by atoms with van der Waals surface area (Å²) in [7, 11) is -0.750. The van der Waals surface area contributed by atoms with Crippen LogP contribution in [0.15, 0.2) is 48.5 Å². The molecule has 1 N–H and O–H groups in total. The second-order valence-corrected chi connectivity index (χ2v) is 4.99. The van der Waals surface area contributed by atoms with Crippen molar-refractivity contribution in [2.45, 2.75) is 19.3 Å². The van der Waals surface area contributed by atoms with Crippen LogP contribution in [0, 0.1) is 0 Å². The molecule has 2 nitrogen and oxygen atoms in total. The van der Waals surface area contributed by atoms with Crippen molar-refractivity contribution < 1.29 is 9.68 Å². The van der Waals surface area contributed by atoms with E-state index in [0.717, 1.165) is 24.7 Å². The predicted molar refractivity (Wildman–Crippen MR) is 77.6 cm³/mol. The second kappa shape index (κ2) is 5.60. The normalized spacial score (nSPS) is 14.3. The van der Waals surface area contributed by atoms with Crippen LogP contribution >= 0.6 is 0 Å². The number of hydrogen-bond acceptors (Lipinski definition) is 2. The van der Waals surface area contributed by atoms with Gasteiger partial charge in [-0.3, -0.25) is 0 Å². The van der Waals surface area contributed by atoms with Crippen LogP contribution in [0.4, 0.5) is 0 Å². The lowest BCUT2D eigenvalue weighted by Gasteiger charge is -2.19. The Bertz CT molecular complexity index is 554.